The zero-order chi connectivity index (χ0) is 21.8. The molecule has 2 bridgehead atoms. The van der Waals surface area contributed by atoms with Crippen LogP contribution in [-0.4, -0.2) is 52.6 Å². The van der Waals surface area contributed by atoms with Crippen LogP contribution in [0.25, 0.3) is 11.0 Å². The molecule has 0 aromatic carbocycles. The standard InChI is InChI=1S/C21H26N6O3S.H2/c1-31(29,30)26-6-4-17(5-7-26)24-21-23-12-16-10-15(11-22)20(28)27(19(16)25-21)18-9-13-2-3-14(18)8-13;/h10,12-14,17-18H,2-9H2,1H3,(H,23,24,25);1H/t13?,14?,18-;/m0./s1. The molecule has 3 aliphatic rings. The molecule has 10 heteroatoms. The van der Waals surface area contributed by atoms with Crippen LogP contribution in [0.3, 0.4) is 0 Å². The first-order valence-corrected chi connectivity index (χ1v) is 12.7. The largest absolute Gasteiger partial charge is 0.351 e. The highest BCUT2D eigenvalue weighted by Crippen LogP contribution is 2.50. The van der Waals surface area contributed by atoms with Gasteiger partial charge in [0.1, 0.15) is 17.3 Å². The normalized spacial score (nSPS) is 26.9. The first-order chi connectivity index (χ1) is 14.8. The predicted molar refractivity (Wildman–Crippen MR) is 118 cm³/mol. The summed E-state index contributed by atoms with van der Waals surface area (Å²) in [5.74, 6) is 1.56. The Kier molecular flexibility index (Phi) is 4.98. The fourth-order valence-electron chi connectivity index (χ4n) is 5.62. The fourth-order valence-corrected chi connectivity index (χ4v) is 6.49. The Balaban J connectivity index is 0.00000245. The average Bonchev–Trinajstić information content (AvgIpc) is 3.37. The number of nitrogens with one attached hydrogen (secondary N) is 1. The molecule has 0 radical (unpaired) electrons. The third-order valence-electron chi connectivity index (χ3n) is 7.18. The minimum Gasteiger partial charge on any atom is -0.351 e. The Morgan fingerprint density at radius 2 is 2.00 bits per heavy atom. The van der Waals surface area contributed by atoms with Gasteiger partial charge in [0, 0.05) is 38.2 Å². The monoisotopic (exact) mass is 444 g/mol. The van der Waals surface area contributed by atoms with Gasteiger partial charge in [0.2, 0.25) is 16.0 Å². The minimum atomic E-state index is -3.17. The molecule has 2 aliphatic carbocycles. The molecule has 3 fully saturated rings. The Bertz CT molecular complexity index is 1230. The highest BCUT2D eigenvalue weighted by molar-refractivity contribution is 7.88. The summed E-state index contributed by atoms with van der Waals surface area (Å²) in [7, 11) is -3.17. The van der Waals surface area contributed by atoms with Crippen molar-refractivity contribution in [3.8, 4) is 6.07 Å². The highest BCUT2D eigenvalue weighted by Gasteiger charge is 2.41. The smallest absolute Gasteiger partial charge is 0.270 e. The molecule has 0 spiro atoms. The minimum absolute atomic E-state index is 0. The summed E-state index contributed by atoms with van der Waals surface area (Å²) >= 11 is 0. The van der Waals surface area contributed by atoms with Gasteiger partial charge in [-0.15, -0.1) is 0 Å². The van der Waals surface area contributed by atoms with Gasteiger partial charge in [0.15, 0.2) is 0 Å². The van der Waals surface area contributed by atoms with Crippen molar-refractivity contribution in [1.82, 2.24) is 18.8 Å². The van der Waals surface area contributed by atoms with E-state index < -0.39 is 10.0 Å². The first kappa shape index (κ1) is 20.4. The van der Waals surface area contributed by atoms with Crippen LogP contribution >= 0.6 is 0 Å². The van der Waals surface area contributed by atoms with Gasteiger partial charge in [0.05, 0.1) is 6.26 Å². The molecule has 0 amide bonds. The van der Waals surface area contributed by atoms with E-state index in [0.29, 0.717) is 54.7 Å². The molecule has 1 N–H and O–H groups in total. The Morgan fingerprint density at radius 1 is 1.23 bits per heavy atom. The molecule has 2 aromatic heterocycles. The lowest BCUT2D eigenvalue weighted by Crippen LogP contribution is -2.42. The topological polar surface area (TPSA) is 121 Å². The summed E-state index contributed by atoms with van der Waals surface area (Å²) in [5.41, 5.74) is 0.444. The van der Waals surface area contributed by atoms with Gasteiger partial charge in [-0.25, -0.2) is 17.7 Å². The molecule has 1 saturated heterocycles. The molecule has 2 saturated carbocycles. The van der Waals surface area contributed by atoms with Gasteiger partial charge in [-0.05, 0) is 50.0 Å². The van der Waals surface area contributed by atoms with Gasteiger partial charge in [0.25, 0.3) is 5.56 Å². The summed E-state index contributed by atoms with van der Waals surface area (Å²) in [6.07, 6.45) is 8.69. The Labute approximate surface area is 182 Å². The van der Waals surface area contributed by atoms with Crippen molar-refractivity contribution in [3.05, 3.63) is 28.2 Å². The molecular formula is C21H28N6O3S. The summed E-state index contributed by atoms with van der Waals surface area (Å²) in [6, 6.07) is 3.76. The van der Waals surface area contributed by atoms with Crippen LogP contribution in [0.4, 0.5) is 5.95 Å². The van der Waals surface area contributed by atoms with Crippen LogP contribution < -0.4 is 10.9 Å². The van der Waals surface area contributed by atoms with Crippen molar-refractivity contribution in [2.24, 2.45) is 11.8 Å². The number of fused-ring (bicyclic) bond motifs is 3. The summed E-state index contributed by atoms with van der Waals surface area (Å²) in [6.45, 7) is 0.928. The van der Waals surface area contributed by atoms with E-state index in [4.69, 9.17) is 4.98 Å². The number of pyridine rings is 1. The summed E-state index contributed by atoms with van der Waals surface area (Å²) in [4.78, 5) is 22.2. The second-order valence-electron chi connectivity index (χ2n) is 9.14. The van der Waals surface area contributed by atoms with Crippen molar-refractivity contribution in [3.63, 3.8) is 0 Å². The van der Waals surface area contributed by atoms with E-state index in [-0.39, 0.29) is 24.6 Å². The number of piperidine rings is 1. The van der Waals surface area contributed by atoms with Crippen molar-refractivity contribution >= 4 is 27.0 Å². The zero-order valence-electron chi connectivity index (χ0n) is 17.5. The Morgan fingerprint density at radius 3 is 2.61 bits per heavy atom. The van der Waals surface area contributed by atoms with Crippen LogP contribution in [0.2, 0.25) is 0 Å². The zero-order valence-corrected chi connectivity index (χ0v) is 18.3. The molecule has 3 atom stereocenters. The number of sulfonamides is 1. The van der Waals surface area contributed by atoms with Crippen molar-refractivity contribution in [1.29, 1.82) is 5.26 Å². The van der Waals surface area contributed by atoms with E-state index >= 15 is 0 Å². The number of hydrogen-bond donors (Lipinski definition) is 1. The molecule has 2 aromatic rings. The predicted octanol–water partition coefficient (Wildman–Crippen LogP) is 2.11. The van der Waals surface area contributed by atoms with Crippen LogP contribution in [-0.2, 0) is 10.0 Å². The van der Waals surface area contributed by atoms with Crippen molar-refractivity contribution in [2.75, 3.05) is 24.7 Å². The quantitative estimate of drug-likeness (QED) is 0.766. The van der Waals surface area contributed by atoms with E-state index in [1.54, 1.807) is 16.8 Å². The highest BCUT2D eigenvalue weighted by atomic mass is 32.2. The third-order valence-corrected chi connectivity index (χ3v) is 8.49. The first-order valence-electron chi connectivity index (χ1n) is 10.9. The fraction of sp³-hybridized carbons (Fsp3) is 0.619. The molecule has 5 rings (SSSR count). The van der Waals surface area contributed by atoms with Gasteiger partial charge >= 0.3 is 0 Å². The lowest BCUT2D eigenvalue weighted by Gasteiger charge is -2.30. The maximum absolute atomic E-state index is 13.1. The van der Waals surface area contributed by atoms with E-state index in [1.165, 1.54) is 17.0 Å². The van der Waals surface area contributed by atoms with E-state index in [1.807, 2.05) is 6.07 Å². The molecular weight excluding hydrogens is 416 g/mol. The molecule has 1 aliphatic heterocycles. The van der Waals surface area contributed by atoms with Gasteiger partial charge < -0.3 is 5.32 Å². The molecule has 2 unspecified atom stereocenters. The molecule has 166 valence electrons. The van der Waals surface area contributed by atoms with Crippen LogP contribution in [0.5, 0.6) is 0 Å². The second kappa shape index (κ2) is 7.57. The number of nitriles is 1. The van der Waals surface area contributed by atoms with Crippen LogP contribution in [0.15, 0.2) is 17.1 Å². The van der Waals surface area contributed by atoms with E-state index in [9.17, 15) is 18.5 Å². The number of anilines is 1. The average molecular weight is 445 g/mol. The maximum Gasteiger partial charge on any atom is 0.270 e. The molecule has 9 nitrogen and oxygen atoms in total. The number of hydrogen-bond acceptors (Lipinski definition) is 7. The van der Waals surface area contributed by atoms with Gasteiger partial charge in [-0.1, -0.05) is 6.42 Å². The van der Waals surface area contributed by atoms with E-state index in [2.05, 4.69) is 10.3 Å². The van der Waals surface area contributed by atoms with Crippen LogP contribution in [0, 0.1) is 23.2 Å². The SMILES string of the molecule is CS(=O)(=O)N1CCC(Nc2ncc3cc(C#N)c(=O)n([C@H]4CC5CCC4C5)c3n2)CC1.[HH]. The van der Waals surface area contributed by atoms with E-state index in [0.717, 1.165) is 19.3 Å². The third kappa shape index (κ3) is 3.70. The number of nitrogens with zero attached hydrogens (tertiary/aromatic N) is 5. The lowest BCUT2D eigenvalue weighted by molar-refractivity contribution is 0.328. The maximum atomic E-state index is 13.1. The number of rotatable bonds is 4. The summed E-state index contributed by atoms with van der Waals surface area (Å²) in [5, 5.41) is 13.5. The van der Waals surface area contributed by atoms with Crippen molar-refractivity contribution in [2.45, 2.75) is 50.6 Å². The van der Waals surface area contributed by atoms with Gasteiger partial charge in [-0.3, -0.25) is 9.36 Å². The molecule has 3 heterocycles. The summed E-state index contributed by atoms with van der Waals surface area (Å²) < 4.78 is 26.7. The second-order valence-corrected chi connectivity index (χ2v) is 11.1. The van der Waals surface area contributed by atoms with Crippen LogP contribution in [0.1, 0.15) is 51.6 Å². The number of aromatic nitrogens is 3. The molecule has 31 heavy (non-hydrogen) atoms. The van der Waals surface area contributed by atoms with Crippen molar-refractivity contribution < 1.29 is 9.84 Å². The lowest BCUT2D eigenvalue weighted by atomic mass is 9.94. The Hall–Kier alpha value is -2.51. The van der Waals surface area contributed by atoms with Gasteiger partial charge in [-0.2, -0.15) is 10.2 Å².